The molecule has 5 heterocycles. The highest BCUT2D eigenvalue weighted by Gasteiger charge is 2.36. The van der Waals surface area contributed by atoms with Crippen molar-refractivity contribution in [3.05, 3.63) is 113 Å². The van der Waals surface area contributed by atoms with Crippen molar-refractivity contribution >= 4 is 29.1 Å². The van der Waals surface area contributed by atoms with Crippen LogP contribution in [0.1, 0.15) is 87.8 Å². The lowest BCUT2D eigenvalue weighted by atomic mass is 9.87. The topological polar surface area (TPSA) is 193 Å². The Morgan fingerprint density at radius 3 is 2.39 bits per heavy atom. The molecule has 3 saturated heterocycles. The molecule has 1 unspecified atom stereocenters. The van der Waals surface area contributed by atoms with Crippen LogP contribution in [0.5, 0.6) is 17.2 Å². The van der Waals surface area contributed by atoms with Gasteiger partial charge in [0.2, 0.25) is 17.7 Å². The first kappa shape index (κ1) is 47.8. The Kier molecular flexibility index (Phi) is 16.2. The number of fused-ring (bicyclic) bond motifs is 1. The minimum atomic E-state index is -0.349. The first-order chi connectivity index (χ1) is 31.9. The van der Waals surface area contributed by atoms with Crippen LogP contribution in [-0.4, -0.2) is 109 Å². The Morgan fingerprint density at radius 1 is 0.924 bits per heavy atom. The van der Waals surface area contributed by atoms with Crippen LogP contribution in [0.25, 0.3) is 5.70 Å². The number of nitrogens with two attached hydrogens (primary N) is 3. The normalized spacial score (nSPS) is 22.7. The molecule has 354 valence electrons. The number of nitrogens with one attached hydrogen (secondary N) is 1. The van der Waals surface area contributed by atoms with Gasteiger partial charge >= 0.3 is 0 Å². The molecule has 3 aromatic rings. The Morgan fingerprint density at radius 2 is 1.68 bits per heavy atom. The SMILES string of the molecule is CC[C@@H]1/C=C\CN(C(/C=C(\N)c2ccccc2O)=C(N)N)C[C@@H](C)C1.Cc1cccc(OC2CCN(C(=O)CN3CCC(c4cccc5c4OCCN5C4CCC(=O)NC4=O)CC3)CC2)c1. The Hall–Kier alpha value is -6.15. The van der Waals surface area contributed by atoms with E-state index < -0.39 is 0 Å². The van der Waals surface area contributed by atoms with E-state index in [-0.39, 0.29) is 41.4 Å². The van der Waals surface area contributed by atoms with Crippen molar-refractivity contribution in [2.24, 2.45) is 29.0 Å². The smallest absolute Gasteiger partial charge is 0.249 e. The molecule has 5 aliphatic heterocycles. The van der Waals surface area contributed by atoms with Crippen LogP contribution < -0.4 is 36.9 Å². The maximum Gasteiger partial charge on any atom is 0.249 e. The van der Waals surface area contributed by atoms with Crippen LogP contribution in [0.2, 0.25) is 0 Å². The molecule has 0 bridgehead atoms. The van der Waals surface area contributed by atoms with Crippen LogP contribution in [0, 0.1) is 18.8 Å². The molecule has 14 nitrogen and oxygen atoms in total. The summed E-state index contributed by atoms with van der Waals surface area (Å²) in [4.78, 5) is 45.9. The van der Waals surface area contributed by atoms with Gasteiger partial charge in [-0.2, -0.15) is 0 Å². The lowest BCUT2D eigenvalue weighted by molar-refractivity contribution is -0.135. The molecule has 0 aliphatic carbocycles. The van der Waals surface area contributed by atoms with E-state index >= 15 is 0 Å². The Bertz CT molecular complexity index is 2260. The number of hydrogen-bond acceptors (Lipinski definition) is 12. The summed E-state index contributed by atoms with van der Waals surface area (Å²) in [7, 11) is 0. The number of piperidine rings is 3. The standard InChI is InChI=1S/C32H40N4O5.C20H30N4O/c1-22-4-2-5-25(20-22)41-24-12-16-35(17-13-24)30(38)21-34-14-10-23(11-15-34)26-6-3-7-27-31(26)40-19-18-36(27)28-8-9-29(37)33-32(28)39;1-3-15-7-6-10-24(13-14(2)11-15)18(20(22)23)12-17(21)16-8-4-5-9-19(16)25/h2-7,20,23-24,28H,8-19,21H2,1H3,(H,33,37,39);4-9,12,14-15,25H,3,10-11,13,21-23H2,1-2H3/b;7-6-,17-12-/t;14-,15+/m.0/s1. The molecule has 3 amide bonds. The summed E-state index contributed by atoms with van der Waals surface area (Å²) in [6, 6.07) is 21.0. The van der Waals surface area contributed by atoms with Gasteiger partial charge in [-0.3, -0.25) is 24.6 Å². The fraction of sp³-hybridized carbons (Fsp3) is 0.481. The molecule has 8 rings (SSSR count). The van der Waals surface area contributed by atoms with Gasteiger partial charge in [0.05, 0.1) is 24.5 Å². The number of benzene rings is 3. The Balaban J connectivity index is 0.000000223. The zero-order valence-electron chi connectivity index (χ0n) is 39.0. The molecule has 66 heavy (non-hydrogen) atoms. The minimum absolute atomic E-state index is 0.137. The van der Waals surface area contributed by atoms with Gasteiger partial charge in [0.25, 0.3) is 0 Å². The quantitative estimate of drug-likeness (QED) is 0.0914. The zero-order valence-corrected chi connectivity index (χ0v) is 39.0. The van der Waals surface area contributed by atoms with E-state index in [1.165, 1.54) is 11.1 Å². The molecule has 3 fully saturated rings. The molecular weight excluding hydrogens is 833 g/mol. The van der Waals surface area contributed by atoms with Gasteiger partial charge in [-0.05, 0) is 117 Å². The highest BCUT2D eigenvalue weighted by molar-refractivity contribution is 6.02. The lowest BCUT2D eigenvalue weighted by Gasteiger charge is -2.40. The van der Waals surface area contributed by atoms with Crippen molar-refractivity contribution in [3.63, 3.8) is 0 Å². The third-order valence-electron chi connectivity index (χ3n) is 13.6. The molecule has 0 radical (unpaired) electrons. The largest absolute Gasteiger partial charge is 0.507 e. The van der Waals surface area contributed by atoms with Gasteiger partial charge < -0.3 is 46.5 Å². The Labute approximate surface area is 390 Å². The molecule has 14 heteroatoms. The van der Waals surface area contributed by atoms with Crippen LogP contribution in [0.4, 0.5) is 5.69 Å². The number of para-hydroxylation sites is 2. The number of hydrogen-bond donors (Lipinski definition) is 5. The number of nitrogens with zero attached hydrogens (tertiary/aromatic N) is 4. The summed E-state index contributed by atoms with van der Waals surface area (Å²) in [6.07, 6.45) is 13.2. The van der Waals surface area contributed by atoms with Crippen LogP contribution in [0.15, 0.2) is 96.5 Å². The first-order valence-corrected chi connectivity index (χ1v) is 23.9. The molecule has 0 aromatic heterocycles. The van der Waals surface area contributed by atoms with Gasteiger partial charge in [-0.25, -0.2) is 0 Å². The summed E-state index contributed by atoms with van der Waals surface area (Å²) in [5, 5.41) is 12.5. The van der Waals surface area contributed by atoms with Crippen LogP contribution in [-0.2, 0) is 14.4 Å². The number of phenolic OH excluding ortho intramolecular Hbond substituents is 1. The predicted octanol–water partition coefficient (Wildman–Crippen LogP) is 5.95. The van der Waals surface area contributed by atoms with Crippen LogP contribution in [0.3, 0.4) is 0 Å². The average molecular weight is 903 g/mol. The number of ether oxygens (including phenoxy) is 2. The third kappa shape index (κ3) is 12.2. The van der Waals surface area contributed by atoms with E-state index in [0.29, 0.717) is 67.2 Å². The van der Waals surface area contributed by atoms with Gasteiger partial charge in [-0.1, -0.05) is 62.4 Å². The summed E-state index contributed by atoms with van der Waals surface area (Å²) in [5.41, 5.74) is 23.1. The van der Waals surface area contributed by atoms with E-state index in [1.807, 2.05) is 35.2 Å². The maximum atomic E-state index is 13.1. The molecule has 0 spiro atoms. The molecular formula is C52H70N8O6. The number of carbonyl (C=O) groups is 3. The van der Waals surface area contributed by atoms with E-state index in [4.69, 9.17) is 26.7 Å². The number of allylic oxidation sites excluding steroid dienone is 2. The molecule has 5 aliphatic rings. The van der Waals surface area contributed by atoms with Crippen molar-refractivity contribution in [1.82, 2.24) is 20.0 Å². The highest BCUT2D eigenvalue weighted by Crippen LogP contribution is 2.43. The number of likely N-dealkylation sites (tertiary alicyclic amines) is 2. The van der Waals surface area contributed by atoms with Crippen molar-refractivity contribution in [3.8, 4) is 17.2 Å². The number of amides is 3. The molecule has 3 aromatic carbocycles. The lowest BCUT2D eigenvalue weighted by Crippen LogP contribution is -2.54. The highest BCUT2D eigenvalue weighted by atomic mass is 16.5. The summed E-state index contributed by atoms with van der Waals surface area (Å²) >= 11 is 0. The number of aryl methyl sites for hydroxylation is 1. The molecule has 8 N–H and O–H groups in total. The number of anilines is 1. The summed E-state index contributed by atoms with van der Waals surface area (Å²) in [5.74, 6) is 3.41. The van der Waals surface area contributed by atoms with Gasteiger partial charge in [-0.15, -0.1) is 0 Å². The fourth-order valence-corrected chi connectivity index (χ4v) is 10.0. The maximum absolute atomic E-state index is 13.1. The van der Waals surface area contributed by atoms with E-state index in [2.05, 4.69) is 71.1 Å². The average Bonchev–Trinajstić information content (AvgIpc) is 3.30. The zero-order chi connectivity index (χ0) is 46.7. The first-order valence-electron chi connectivity index (χ1n) is 23.9. The molecule has 0 saturated carbocycles. The van der Waals surface area contributed by atoms with E-state index in [0.717, 1.165) is 95.0 Å². The second-order valence-corrected chi connectivity index (χ2v) is 18.6. The van der Waals surface area contributed by atoms with Crippen LogP contribution >= 0.6 is 0 Å². The fourth-order valence-electron chi connectivity index (χ4n) is 10.0. The second kappa shape index (κ2) is 22.4. The van der Waals surface area contributed by atoms with E-state index in [9.17, 15) is 19.5 Å². The third-order valence-corrected chi connectivity index (χ3v) is 13.6. The van der Waals surface area contributed by atoms with Crippen molar-refractivity contribution in [2.45, 2.75) is 90.2 Å². The number of rotatable bonds is 10. The number of carbonyl (C=O) groups excluding carboxylic acids is 3. The van der Waals surface area contributed by atoms with Gasteiger partial charge in [0, 0.05) is 56.7 Å². The monoisotopic (exact) mass is 903 g/mol. The van der Waals surface area contributed by atoms with Crippen molar-refractivity contribution in [1.29, 1.82) is 0 Å². The minimum Gasteiger partial charge on any atom is -0.507 e. The number of phenols is 1. The second-order valence-electron chi connectivity index (χ2n) is 18.6. The number of aromatic hydroxyl groups is 1. The predicted molar refractivity (Wildman–Crippen MR) is 259 cm³/mol. The summed E-state index contributed by atoms with van der Waals surface area (Å²) in [6.45, 7) is 12.9. The van der Waals surface area contributed by atoms with E-state index in [1.54, 1.807) is 24.3 Å². The number of imide groups is 1. The van der Waals surface area contributed by atoms with Crippen molar-refractivity contribution in [2.75, 3.05) is 63.9 Å². The van der Waals surface area contributed by atoms with Crippen molar-refractivity contribution < 1.29 is 29.0 Å². The van der Waals surface area contributed by atoms with Gasteiger partial charge in [0.1, 0.15) is 41.8 Å². The summed E-state index contributed by atoms with van der Waals surface area (Å²) < 4.78 is 12.3. The molecule has 3 atom stereocenters. The van der Waals surface area contributed by atoms with Gasteiger partial charge in [0.15, 0.2) is 0 Å².